The Morgan fingerprint density at radius 3 is 2.27 bits per heavy atom. The molecule has 0 bridgehead atoms. The third-order valence-corrected chi connectivity index (χ3v) is 6.13. The Labute approximate surface area is 234 Å². The summed E-state index contributed by atoms with van der Waals surface area (Å²) in [5.41, 5.74) is 14.1. The van der Waals surface area contributed by atoms with E-state index in [0.29, 0.717) is 17.8 Å². The number of halogens is 4. The molecule has 218 valence electrons. The lowest BCUT2D eigenvalue weighted by Gasteiger charge is -2.16. The number of carboxylic acids is 1. The van der Waals surface area contributed by atoms with Gasteiger partial charge in [-0.25, -0.2) is 9.59 Å². The normalized spacial score (nSPS) is 11.9. The number of hydrogen-bond donors (Lipinski definition) is 3. The van der Waals surface area contributed by atoms with Crippen molar-refractivity contribution in [3.05, 3.63) is 89.5 Å². The van der Waals surface area contributed by atoms with Crippen molar-refractivity contribution in [2.24, 2.45) is 0 Å². The van der Waals surface area contributed by atoms with E-state index in [0.717, 1.165) is 61.9 Å². The summed E-state index contributed by atoms with van der Waals surface area (Å²) in [6.07, 6.45) is -2.37. The lowest BCUT2D eigenvalue weighted by Crippen LogP contribution is -2.33. The van der Waals surface area contributed by atoms with Crippen LogP contribution < -0.4 is 20.9 Å². The Kier molecular flexibility index (Phi) is 10.7. The van der Waals surface area contributed by atoms with Gasteiger partial charge in [0.2, 0.25) is 0 Å². The van der Waals surface area contributed by atoms with Crippen molar-refractivity contribution in [1.29, 1.82) is 0 Å². The molecule has 0 amide bonds. The number of nitrogens with two attached hydrogens (primary N) is 2. The van der Waals surface area contributed by atoms with Crippen LogP contribution in [0.3, 0.4) is 0 Å². The van der Waals surface area contributed by atoms with Crippen LogP contribution in [0.15, 0.2) is 72.8 Å². The number of aryl methyl sites for hydroxylation is 1. The molecule has 0 aliphatic heterocycles. The van der Waals surface area contributed by atoms with Crippen molar-refractivity contribution in [2.45, 2.75) is 51.1 Å². The van der Waals surface area contributed by atoms with Crippen molar-refractivity contribution < 1.29 is 41.7 Å². The number of carboxylic acid groups (broad SMARTS) is 1. The molecule has 11 heteroatoms. The molecule has 5 N–H and O–H groups in total. The summed E-state index contributed by atoms with van der Waals surface area (Å²) in [4.78, 5) is 24.7. The molecule has 0 saturated carbocycles. The van der Waals surface area contributed by atoms with E-state index in [1.165, 1.54) is 12.1 Å². The Balaban J connectivity index is 1.58. The van der Waals surface area contributed by atoms with E-state index in [-0.39, 0.29) is 22.4 Å². The topological polar surface area (TPSA) is 125 Å². The summed E-state index contributed by atoms with van der Waals surface area (Å²) in [6.45, 7) is 0. The number of allylic oxidation sites excluding steroid dienone is 1. The summed E-state index contributed by atoms with van der Waals surface area (Å²) in [7, 11) is 0. The summed E-state index contributed by atoms with van der Waals surface area (Å²) < 4.78 is 60.2. The molecular weight excluding hydrogens is 544 g/mol. The van der Waals surface area contributed by atoms with Gasteiger partial charge < -0.3 is 26.0 Å². The molecule has 0 fully saturated rings. The molecule has 0 radical (unpaired) electrons. The Morgan fingerprint density at radius 2 is 1.61 bits per heavy atom. The van der Waals surface area contributed by atoms with E-state index in [1.54, 1.807) is 24.3 Å². The number of carbonyl (C=O) groups is 2. The number of carbonyl (C=O) groups excluding carboxylic acids is 1. The number of nitrogen functional groups attached to an aromatic ring is 2. The van der Waals surface area contributed by atoms with Gasteiger partial charge >= 0.3 is 24.5 Å². The van der Waals surface area contributed by atoms with Crippen molar-refractivity contribution in [3.8, 4) is 11.5 Å². The summed E-state index contributed by atoms with van der Waals surface area (Å²) >= 11 is 0. The van der Waals surface area contributed by atoms with Crippen LogP contribution in [0.5, 0.6) is 11.5 Å². The molecule has 3 aromatic rings. The molecule has 3 aromatic carbocycles. The predicted octanol–water partition coefficient (Wildman–Crippen LogP) is 6.97. The van der Waals surface area contributed by atoms with Gasteiger partial charge in [-0.05, 0) is 73.7 Å². The highest BCUT2D eigenvalue weighted by Gasteiger charge is 2.44. The minimum absolute atomic E-state index is 0.0169. The van der Waals surface area contributed by atoms with E-state index in [2.05, 4.69) is 4.74 Å². The fraction of sp³-hybridized carbons (Fsp3) is 0.267. The minimum atomic E-state index is -4.69. The van der Waals surface area contributed by atoms with E-state index in [9.17, 15) is 32.3 Å². The second-order valence-corrected chi connectivity index (χ2v) is 9.21. The highest BCUT2D eigenvalue weighted by molar-refractivity contribution is 6.16. The van der Waals surface area contributed by atoms with Gasteiger partial charge in [0.25, 0.3) is 0 Å². The fourth-order valence-corrected chi connectivity index (χ4v) is 4.01. The number of aliphatic carboxylic acids is 1. The largest absolute Gasteiger partial charge is 0.478 e. The van der Waals surface area contributed by atoms with Crippen molar-refractivity contribution in [1.82, 2.24) is 0 Å². The van der Waals surface area contributed by atoms with E-state index in [1.807, 2.05) is 12.1 Å². The maximum atomic E-state index is 13.1. The molecule has 0 saturated heterocycles. The van der Waals surface area contributed by atoms with Crippen LogP contribution in [0.2, 0.25) is 0 Å². The smallest absolute Gasteiger partial charge is 0.461 e. The Morgan fingerprint density at radius 1 is 0.927 bits per heavy atom. The molecule has 0 aliphatic rings. The number of anilines is 2. The van der Waals surface area contributed by atoms with Crippen LogP contribution >= 0.6 is 0 Å². The summed E-state index contributed by atoms with van der Waals surface area (Å²) in [6, 6.07) is 15.5. The van der Waals surface area contributed by atoms with Gasteiger partial charge in [-0.2, -0.15) is 17.6 Å². The second-order valence-electron chi connectivity index (χ2n) is 9.21. The molecule has 41 heavy (non-hydrogen) atoms. The van der Waals surface area contributed by atoms with Crippen molar-refractivity contribution >= 4 is 28.9 Å². The number of benzene rings is 3. The highest BCUT2D eigenvalue weighted by Crippen LogP contribution is 2.30. The Bertz CT molecular complexity index is 1380. The van der Waals surface area contributed by atoms with E-state index >= 15 is 0 Å². The number of ether oxygens (including phenoxy) is 2. The average Bonchev–Trinajstić information content (AvgIpc) is 2.91. The predicted molar refractivity (Wildman–Crippen MR) is 147 cm³/mol. The number of esters is 1. The molecule has 3 rings (SSSR count). The quantitative estimate of drug-likeness (QED) is 0.0474. The number of unbranched alkanes of at least 4 members (excludes halogenated alkanes) is 4. The van der Waals surface area contributed by atoms with Crippen LogP contribution in [0.25, 0.3) is 5.57 Å². The third-order valence-electron chi connectivity index (χ3n) is 6.13. The maximum absolute atomic E-state index is 13.1. The molecule has 0 aromatic heterocycles. The van der Waals surface area contributed by atoms with Gasteiger partial charge in [-0.1, -0.05) is 43.2 Å². The fourth-order valence-electron chi connectivity index (χ4n) is 4.01. The van der Waals surface area contributed by atoms with Gasteiger partial charge in [0.05, 0.1) is 11.1 Å². The molecule has 0 aliphatic carbocycles. The zero-order chi connectivity index (χ0) is 30.0. The summed E-state index contributed by atoms with van der Waals surface area (Å²) in [5.74, 6) is -2.69. The van der Waals surface area contributed by atoms with Crippen LogP contribution in [0.4, 0.5) is 28.9 Å². The number of hydrogen-bond acceptors (Lipinski definition) is 6. The van der Waals surface area contributed by atoms with E-state index in [4.69, 9.17) is 16.2 Å². The average molecular weight is 575 g/mol. The highest BCUT2D eigenvalue weighted by atomic mass is 19.3. The number of para-hydroxylation sites is 1. The van der Waals surface area contributed by atoms with Crippen molar-refractivity contribution in [3.63, 3.8) is 0 Å². The van der Waals surface area contributed by atoms with Gasteiger partial charge in [0.15, 0.2) is 0 Å². The zero-order valence-corrected chi connectivity index (χ0v) is 22.0. The number of alkyl halides is 4. The lowest BCUT2D eigenvalue weighted by molar-refractivity contribution is -0.253. The molecule has 0 spiro atoms. The summed E-state index contributed by atoms with van der Waals surface area (Å²) in [5, 5.41) is 9.82. The van der Waals surface area contributed by atoms with E-state index < -0.39 is 30.2 Å². The van der Waals surface area contributed by atoms with Gasteiger partial charge in [-0.3, -0.25) is 0 Å². The van der Waals surface area contributed by atoms with Gasteiger partial charge in [0.1, 0.15) is 11.5 Å². The minimum Gasteiger partial charge on any atom is -0.478 e. The van der Waals surface area contributed by atoms with Gasteiger partial charge in [0, 0.05) is 16.9 Å². The number of rotatable bonds is 14. The van der Waals surface area contributed by atoms with Gasteiger partial charge in [-0.15, -0.1) is 0 Å². The first-order valence-electron chi connectivity index (χ1n) is 12.8. The van der Waals surface area contributed by atoms with Crippen LogP contribution in [0, 0.1) is 0 Å². The monoisotopic (exact) mass is 574 g/mol. The first-order chi connectivity index (χ1) is 19.5. The first-order valence-corrected chi connectivity index (χ1v) is 12.8. The van der Waals surface area contributed by atoms with Crippen LogP contribution in [-0.4, -0.2) is 29.6 Å². The van der Waals surface area contributed by atoms with Crippen LogP contribution in [-0.2, 0) is 11.2 Å². The Hall–Kier alpha value is -4.54. The standard InChI is InChI=1S/C30H30F4N2O5/c31-29(32)30(33,34)41-22-16-13-20(14-17-22)28(39)40-26-11-7-6-9-23(26)24(27(37)38)10-5-3-1-2-4-8-19-12-15-21(35)18-25(19)36/h6-7,9-18,29H,1-5,8,35-36H2,(H,37,38)/b24-10+. The molecule has 0 unspecified atom stereocenters. The molecule has 7 nitrogen and oxygen atoms in total. The third kappa shape index (κ3) is 8.99. The van der Waals surface area contributed by atoms with Crippen molar-refractivity contribution in [2.75, 3.05) is 11.5 Å². The molecular formula is C30H30F4N2O5. The first kappa shape index (κ1) is 31.0. The van der Waals surface area contributed by atoms with Crippen LogP contribution in [0.1, 0.15) is 53.6 Å². The lowest BCUT2D eigenvalue weighted by atomic mass is 10.0. The SMILES string of the molecule is Nc1ccc(CCCCCC/C=C(/C(=O)O)c2ccccc2OC(=O)c2ccc(OC(F)(F)C(F)F)cc2)c(N)c1. The molecule has 0 atom stereocenters. The second kappa shape index (κ2) is 14.2. The maximum Gasteiger partial charge on any atom is 0.461 e. The zero-order valence-electron chi connectivity index (χ0n) is 22.0. The molecule has 0 heterocycles.